The van der Waals surface area contributed by atoms with Gasteiger partial charge in [-0.3, -0.25) is 4.90 Å². The van der Waals surface area contributed by atoms with Crippen molar-refractivity contribution in [2.45, 2.75) is 57.7 Å². The van der Waals surface area contributed by atoms with Gasteiger partial charge in [0.25, 0.3) is 0 Å². The largest absolute Gasteiger partial charge is 0.396 e. The molecule has 1 saturated carbocycles. The van der Waals surface area contributed by atoms with Crippen LogP contribution in [-0.2, 0) is 0 Å². The van der Waals surface area contributed by atoms with Crippen LogP contribution in [0.25, 0.3) is 0 Å². The van der Waals surface area contributed by atoms with Gasteiger partial charge in [0, 0.05) is 30.1 Å². The van der Waals surface area contributed by atoms with Gasteiger partial charge >= 0.3 is 0 Å². The summed E-state index contributed by atoms with van der Waals surface area (Å²) < 4.78 is 0. The highest BCUT2D eigenvalue weighted by atomic mass is 32.1. The van der Waals surface area contributed by atoms with E-state index in [1.54, 1.807) is 0 Å². The SMILES string of the molecule is Cc1ccsc1C(C(C)N)N(CCCO)C1CCC1. The first kappa shape index (κ1) is 15.0. The Morgan fingerprint density at radius 1 is 1.53 bits per heavy atom. The number of hydrogen-bond acceptors (Lipinski definition) is 4. The van der Waals surface area contributed by atoms with E-state index in [1.807, 2.05) is 11.3 Å². The van der Waals surface area contributed by atoms with Crippen molar-refractivity contribution in [3.8, 4) is 0 Å². The van der Waals surface area contributed by atoms with Gasteiger partial charge in [-0.25, -0.2) is 0 Å². The van der Waals surface area contributed by atoms with Crippen LogP contribution in [0.5, 0.6) is 0 Å². The molecule has 0 aromatic carbocycles. The van der Waals surface area contributed by atoms with Gasteiger partial charge in [-0.15, -0.1) is 11.3 Å². The molecule has 0 spiro atoms. The molecule has 2 atom stereocenters. The van der Waals surface area contributed by atoms with Crippen LogP contribution < -0.4 is 5.73 Å². The number of hydrogen-bond donors (Lipinski definition) is 2. The Labute approximate surface area is 120 Å². The number of thiophene rings is 1. The van der Waals surface area contributed by atoms with E-state index in [0.717, 1.165) is 13.0 Å². The third-order valence-electron chi connectivity index (χ3n) is 4.14. The zero-order valence-corrected chi connectivity index (χ0v) is 12.8. The lowest BCUT2D eigenvalue weighted by atomic mass is 9.88. The molecule has 1 fully saturated rings. The van der Waals surface area contributed by atoms with Crippen molar-refractivity contribution in [1.29, 1.82) is 0 Å². The van der Waals surface area contributed by atoms with Gasteiger partial charge in [0.1, 0.15) is 0 Å². The molecule has 2 rings (SSSR count). The lowest BCUT2D eigenvalue weighted by Gasteiger charge is -2.44. The van der Waals surface area contributed by atoms with Crippen molar-refractivity contribution < 1.29 is 5.11 Å². The molecule has 3 nitrogen and oxygen atoms in total. The zero-order chi connectivity index (χ0) is 13.8. The zero-order valence-electron chi connectivity index (χ0n) is 12.0. The molecule has 3 N–H and O–H groups in total. The van der Waals surface area contributed by atoms with E-state index in [1.165, 1.54) is 29.7 Å². The monoisotopic (exact) mass is 282 g/mol. The van der Waals surface area contributed by atoms with Gasteiger partial charge in [0.2, 0.25) is 0 Å². The van der Waals surface area contributed by atoms with Crippen LogP contribution in [0.3, 0.4) is 0 Å². The van der Waals surface area contributed by atoms with Crippen LogP contribution in [0.4, 0.5) is 0 Å². The third-order valence-corrected chi connectivity index (χ3v) is 5.23. The molecule has 0 saturated heterocycles. The van der Waals surface area contributed by atoms with E-state index in [4.69, 9.17) is 10.8 Å². The Balaban J connectivity index is 2.20. The van der Waals surface area contributed by atoms with E-state index in [9.17, 15) is 0 Å². The Morgan fingerprint density at radius 2 is 2.26 bits per heavy atom. The van der Waals surface area contributed by atoms with Crippen molar-refractivity contribution in [3.05, 3.63) is 21.9 Å². The van der Waals surface area contributed by atoms with Crippen LogP contribution in [0.1, 0.15) is 49.1 Å². The molecular weight excluding hydrogens is 256 g/mol. The predicted octanol–water partition coefficient (Wildman–Crippen LogP) is 2.68. The van der Waals surface area contributed by atoms with E-state index in [-0.39, 0.29) is 12.6 Å². The van der Waals surface area contributed by atoms with Crippen LogP contribution in [0.2, 0.25) is 0 Å². The fourth-order valence-electron chi connectivity index (χ4n) is 2.90. The lowest BCUT2D eigenvalue weighted by molar-refractivity contribution is 0.0626. The second-order valence-electron chi connectivity index (χ2n) is 5.67. The van der Waals surface area contributed by atoms with Gasteiger partial charge in [0.05, 0.1) is 6.04 Å². The molecule has 0 bridgehead atoms. The molecule has 1 aromatic rings. The standard InChI is InChI=1S/C15H26N2OS/c1-11-7-10-19-15(11)14(12(2)16)17(8-4-9-18)13-5-3-6-13/h7,10,12-14,18H,3-6,8-9,16H2,1-2H3. The molecule has 1 aliphatic rings. The first-order valence-electron chi connectivity index (χ1n) is 7.31. The van der Waals surface area contributed by atoms with E-state index in [2.05, 4.69) is 30.2 Å². The van der Waals surface area contributed by atoms with Crippen molar-refractivity contribution in [2.75, 3.05) is 13.2 Å². The van der Waals surface area contributed by atoms with Gasteiger partial charge in [-0.1, -0.05) is 6.42 Å². The van der Waals surface area contributed by atoms with Crippen molar-refractivity contribution in [3.63, 3.8) is 0 Å². The summed E-state index contributed by atoms with van der Waals surface area (Å²) in [6.07, 6.45) is 4.72. The third kappa shape index (κ3) is 3.37. The topological polar surface area (TPSA) is 49.5 Å². The number of aliphatic hydroxyl groups excluding tert-OH is 1. The highest BCUT2D eigenvalue weighted by molar-refractivity contribution is 7.10. The summed E-state index contributed by atoms with van der Waals surface area (Å²) >= 11 is 1.82. The van der Waals surface area contributed by atoms with Crippen molar-refractivity contribution in [1.82, 2.24) is 4.90 Å². The maximum Gasteiger partial charge on any atom is 0.0595 e. The Hall–Kier alpha value is -0.420. The summed E-state index contributed by atoms with van der Waals surface area (Å²) in [5.74, 6) is 0. The number of nitrogens with two attached hydrogens (primary N) is 1. The Morgan fingerprint density at radius 3 is 2.68 bits per heavy atom. The van der Waals surface area contributed by atoms with Crippen LogP contribution in [0, 0.1) is 6.92 Å². The summed E-state index contributed by atoms with van der Waals surface area (Å²) in [7, 11) is 0. The molecule has 0 radical (unpaired) electrons. The Bertz CT molecular complexity index is 387. The maximum atomic E-state index is 9.14. The number of rotatable bonds is 7. The normalized spacial score (nSPS) is 19.4. The van der Waals surface area contributed by atoms with Crippen molar-refractivity contribution in [2.24, 2.45) is 5.73 Å². The molecule has 19 heavy (non-hydrogen) atoms. The average Bonchev–Trinajstić information content (AvgIpc) is 2.70. The first-order chi connectivity index (χ1) is 9.15. The minimum Gasteiger partial charge on any atom is -0.396 e. The minimum absolute atomic E-state index is 0.122. The summed E-state index contributed by atoms with van der Waals surface area (Å²) in [5, 5.41) is 11.3. The Kier molecular flexibility index (Phi) is 5.39. The second-order valence-corrected chi connectivity index (χ2v) is 6.62. The molecule has 0 amide bonds. The molecule has 108 valence electrons. The molecule has 4 heteroatoms. The number of aliphatic hydroxyl groups is 1. The summed E-state index contributed by atoms with van der Waals surface area (Å²) in [5.41, 5.74) is 7.64. The average molecular weight is 282 g/mol. The summed E-state index contributed by atoms with van der Waals surface area (Å²) in [6.45, 7) is 5.49. The van der Waals surface area contributed by atoms with E-state index >= 15 is 0 Å². The van der Waals surface area contributed by atoms with Gasteiger partial charge < -0.3 is 10.8 Å². The van der Waals surface area contributed by atoms with Crippen molar-refractivity contribution >= 4 is 11.3 Å². The summed E-state index contributed by atoms with van der Waals surface area (Å²) in [6, 6.07) is 3.26. The van der Waals surface area contributed by atoms with E-state index in [0.29, 0.717) is 12.1 Å². The minimum atomic E-state index is 0.122. The van der Waals surface area contributed by atoms with Crippen LogP contribution in [0.15, 0.2) is 11.4 Å². The summed E-state index contributed by atoms with van der Waals surface area (Å²) in [4.78, 5) is 3.95. The van der Waals surface area contributed by atoms with Gasteiger partial charge in [-0.2, -0.15) is 0 Å². The smallest absolute Gasteiger partial charge is 0.0595 e. The van der Waals surface area contributed by atoms with Crippen LogP contribution in [-0.4, -0.2) is 35.2 Å². The molecule has 1 aliphatic carbocycles. The highest BCUT2D eigenvalue weighted by Gasteiger charge is 2.34. The maximum absolute atomic E-state index is 9.14. The number of nitrogens with zero attached hydrogens (tertiary/aromatic N) is 1. The molecule has 1 heterocycles. The first-order valence-corrected chi connectivity index (χ1v) is 8.19. The fraction of sp³-hybridized carbons (Fsp3) is 0.733. The number of aryl methyl sites for hydroxylation is 1. The molecule has 2 unspecified atom stereocenters. The van der Waals surface area contributed by atoms with E-state index < -0.39 is 0 Å². The molecule has 1 aromatic heterocycles. The second kappa shape index (κ2) is 6.84. The molecular formula is C15H26N2OS. The molecule has 0 aliphatic heterocycles. The lowest BCUT2D eigenvalue weighted by Crippen LogP contribution is -2.48. The van der Waals surface area contributed by atoms with Crippen LogP contribution >= 0.6 is 11.3 Å². The van der Waals surface area contributed by atoms with Gasteiger partial charge in [-0.05, 0) is 50.1 Å². The predicted molar refractivity (Wildman–Crippen MR) is 81.5 cm³/mol. The quantitative estimate of drug-likeness (QED) is 0.808. The highest BCUT2D eigenvalue weighted by Crippen LogP contribution is 2.37. The fourth-order valence-corrected chi connectivity index (χ4v) is 4.06. The van der Waals surface area contributed by atoms with Gasteiger partial charge in [0.15, 0.2) is 0 Å².